The second kappa shape index (κ2) is 8.44. The third-order valence-corrected chi connectivity index (χ3v) is 3.33. The molecule has 1 aromatic heterocycles. The molecule has 0 aliphatic carbocycles. The molecule has 1 N–H and O–H groups in total. The highest BCUT2D eigenvalue weighted by atomic mass is 16.2. The number of rotatable bonds is 6. The summed E-state index contributed by atoms with van der Waals surface area (Å²) in [7, 11) is 0. The molecule has 24 heavy (non-hydrogen) atoms. The van der Waals surface area contributed by atoms with Crippen LogP contribution in [0.5, 0.6) is 0 Å². The van der Waals surface area contributed by atoms with Crippen molar-refractivity contribution in [1.82, 2.24) is 9.88 Å². The van der Waals surface area contributed by atoms with Gasteiger partial charge in [-0.15, -0.1) is 0 Å². The number of nitriles is 1. The van der Waals surface area contributed by atoms with Gasteiger partial charge in [0, 0.05) is 43.7 Å². The minimum Gasteiger partial charge on any atom is -0.333 e. The highest BCUT2D eigenvalue weighted by Crippen LogP contribution is 2.14. The highest BCUT2D eigenvalue weighted by Gasteiger charge is 2.16. The van der Waals surface area contributed by atoms with Crippen molar-refractivity contribution in [2.45, 2.75) is 19.9 Å². The van der Waals surface area contributed by atoms with Crippen molar-refractivity contribution < 1.29 is 9.59 Å². The third kappa shape index (κ3) is 4.92. The van der Waals surface area contributed by atoms with Gasteiger partial charge in [0.15, 0.2) is 0 Å². The van der Waals surface area contributed by atoms with Crippen molar-refractivity contribution in [3.05, 3.63) is 59.9 Å². The fraction of sp³-hybridized carbons (Fsp3) is 0.222. The highest BCUT2D eigenvalue weighted by molar-refractivity contribution is 5.95. The van der Waals surface area contributed by atoms with Gasteiger partial charge in [-0.1, -0.05) is 6.07 Å². The van der Waals surface area contributed by atoms with Gasteiger partial charge in [-0.3, -0.25) is 14.6 Å². The van der Waals surface area contributed by atoms with Crippen molar-refractivity contribution >= 4 is 17.5 Å². The lowest BCUT2D eigenvalue weighted by Crippen LogP contribution is -2.31. The summed E-state index contributed by atoms with van der Waals surface area (Å²) in [6.45, 7) is 2.16. The topological polar surface area (TPSA) is 86.1 Å². The summed E-state index contributed by atoms with van der Waals surface area (Å²) >= 11 is 0. The zero-order valence-corrected chi connectivity index (χ0v) is 13.4. The van der Waals surface area contributed by atoms with Gasteiger partial charge in [0.1, 0.15) is 0 Å². The fourth-order valence-corrected chi connectivity index (χ4v) is 2.23. The molecular formula is C18H18N4O2. The van der Waals surface area contributed by atoms with Gasteiger partial charge in [-0.05, 0) is 35.9 Å². The third-order valence-electron chi connectivity index (χ3n) is 3.33. The number of amides is 2. The molecule has 6 heteroatoms. The molecule has 0 saturated heterocycles. The number of hydrogen-bond acceptors (Lipinski definition) is 4. The number of nitrogens with one attached hydrogen (secondary N) is 1. The van der Waals surface area contributed by atoms with E-state index in [1.54, 1.807) is 41.6 Å². The number of pyridine rings is 1. The average molecular weight is 322 g/mol. The molecule has 0 atom stereocenters. The second-order valence-corrected chi connectivity index (χ2v) is 5.25. The number of benzene rings is 1. The predicted molar refractivity (Wildman–Crippen MR) is 90.0 cm³/mol. The van der Waals surface area contributed by atoms with Crippen LogP contribution in [0, 0.1) is 11.3 Å². The SMILES string of the molecule is CC(=O)Nc1ccc(C(=O)N(CCC#N)Cc2cccnc2)cc1. The molecule has 1 aromatic carbocycles. The Morgan fingerprint density at radius 2 is 2.00 bits per heavy atom. The summed E-state index contributed by atoms with van der Waals surface area (Å²) in [4.78, 5) is 29.4. The van der Waals surface area contributed by atoms with E-state index >= 15 is 0 Å². The van der Waals surface area contributed by atoms with E-state index in [-0.39, 0.29) is 18.2 Å². The van der Waals surface area contributed by atoms with E-state index in [0.717, 1.165) is 5.56 Å². The molecule has 0 radical (unpaired) electrons. The standard InChI is InChI=1S/C18H18N4O2/c1-14(23)21-17-7-5-16(6-8-17)18(24)22(11-3-9-19)13-15-4-2-10-20-12-15/h2,4-8,10,12H,3,11,13H2,1H3,(H,21,23). The molecule has 2 amide bonds. The number of anilines is 1. The Bertz CT molecular complexity index is 736. The predicted octanol–water partition coefficient (Wildman–Crippen LogP) is 2.60. The molecular weight excluding hydrogens is 304 g/mol. The van der Waals surface area contributed by atoms with Gasteiger partial charge in [0.2, 0.25) is 5.91 Å². The molecule has 0 spiro atoms. The van der Waals surface area contributed by atoms with Crippen LogP contribution < -0.4 is 5.32 Å². The Morgan fingerprint density at radius 1 is 1.25 bits per heavy atom. The molecule has 0 fully saturated rings. The summed E-state index contributed by atoms with van der Waals surface area (Å²) < 4.78 is 0. The lowest BCUT2D eigenvalue weighted by atomic mass is 10.1. The van der Waals surface area contributed by atoms with Crippen molar-refractivity contribution in [3.63, 3.8) is 0 Å². The van der Waals surface area contributed by atoms with E-state index in [2.05, 4.69) is 16.4 Å². The Hall–Kier alpha value is -3.20. The molecule has 1 heterocycles. The molecule has 0 aliphatic heterocycles. The van der Waals surface area contributed by atoms with Gasteiger partial charge < -0.3 is 10.2 Å². The van der Waals surface area contributed by atoms with Crippen LogP contribution in [-0.4, -0.2) is 28.2 Å². The summed E-state index contributed by atoms with van der Waals surface area (Å²) in [6, 6.07) is 12.5. The fourth-order valence-electron chi connectivity index (χ4n) is 2.23. The van der Waals surface area contributed by atoms with Crippen molar-refractivity contribution in [3.8, 4) is 6.07 Å². The molecule has 2 rings (SSSR count). The van der Waals surface area contributed by atoms with Crippen molar-refractivity contribution in [1.29, 1.82) is 5.26 Å². The van der Waals surface area contributed by atoms with Crippen molar-refractivity contribution in [2.75, 3.05) is 11.9 Å². The van der Waals surface area contributed by atoms with E-state index in [4.69, 9.17) is 5.26 Å². The van der Waals surface area contributed by atoms with Crippen LogP contribution >= 0.6 is 0 Å². The van der Waals surface area contributed by atoms with Crippen LogP contribution in [-0.2, 0) is 11.3 Å². The van der Waals surface area contributed by atoms with Gasteiger partial charge >= 0.3 is 0 Å². The Morgan fingerprint density at radius 3 is 2.58 bits per heavy atom. The lowest BCUT2D eigenvalue weighted by Gasteiger charge is -2.22. The van der Waals surface area contributed by atoms with Crippen LogP contribution in [0.25, 0.3) is 0 Å². The molecule has 2 aromatic rings. The van der Waals surface area contributed by atoms with E-state index in [1.165, 1.54) is 6.92 Å². The van der Waals surface area contributed by atoms with E-state index in [1.807, 2.05) is 12.1 Å². The van der Waals surface area contributed by atoms with Crippen molar-refractivity contribution in [2.24, 2.45) is 0 Å². The molecule has 0 unspecified atom stereocenters. The summed E-state index contributed by atoms with van der Waals surface area (Å²) in [6.07, 6.45) is 3.63. The van der Waals surface area contributed by atoms with E-state index in [9.17, 15) is 9.59 Å². The van der Waals surface area contributed by atoms with E-state index in [0.29, 0.717) is 24.3 Å². The maximum Gasteiger partial charge on any atom is 0.254 e. The number of carbonyl (C=O) groups is 2. The van der Waals surface area contributed by atoms with Crippen LogP contribution in [0.2, 0.25) is 0 Å². The van der Waals surface area contributed by atoms with Gasteiger partial charge in [0.25, 0.3) is 5.91 Å². The Kier molecular flexibility index (Phi) is 6.03. The Balaban J connectivity index is 2.14. The second-order valence-electron chi connectivity index (χ2n) is 5.25. The molecule has 0 aliphatic rings. The summed E-state index contributed by atoms with van der Waals surface area (Å²) in [5.74, 6) is -0.329. The zero-order valence-electron chi connectivity index (χ0n) is 13.4. The normalized spacial score (nSPS) is 9.83. The Labute approximate surface area is 140 Å². The van der Waals surface area contributed by atoms with Crippen LogP contribution in [0.15, 0.2) is 48.8 Å². The molecule has 6 nitrogen and oxygen atoms in total. The van der Waals surface area contributed by atoms with Gasteiger partial charge in [0.05, 0.1) is 12.5 Å². The first-order chi connectivity index (χ1) is 11.6. The minimum absolute atomic E-state index is 0.163. The first-order valence-electron chi connectivity index (χ1n) is 7.53. The maximum atomic E-state index is 12.7. The van der Waals surface area contributed by atoms with Crippen LogP contribution in [0.3, 0.4) is 0 Å². The first kappa shape index (κ1) is 17.2. The largest absolute Gasteiger partial charge is 0.333 e. The van der Waals surface area contributed by atoms with Gasteiger partial charge in [-0.25, -0.2) is 0 Å². The first-order valence-corrected chi connectivity index (χ1v) is 7.53. The van der Waals surface area contributed by atoms with Gasteiger partial charge in [-0.2, -0.15) is 5.26 Å². The maximum absolute atomic E-state index is 12.7. The number of hydrogen-bond donors (Lipinski definition) is 1. The smallest absolute Gasteiger partial charge is 0.254 e. The monoisotopic (exact) mass is 322 g/mol. The number of nitrogens with zero attached hydrogens (tertiary/aromatic N) is 3. The molecule has 122 valence electrons. The summed E-state index contributed by atoms with van der Waals surface area (Å²) in [5.41, 5.74) is 2.04. The number of aromatic nitrogens is 1. The average Bonchev–Trinajstić information content (AvgIpc) is 2.59. The van der Waals surface area contributed by atoms with Crippen LogP contribution in [0.4, 0.5) is 5.69 Å². The molecule has 0 bridgehead atoms. The minimum atomic E-state index is -0.165. The zero-order chi connectivity index (χ0) is 17.4. The van der Waals surface area contributed by atoms with Crippen LogP contribution in [0.1, 0.15) is 29.3 Å². The molecule has 0 saturated carbocycles. The summed E-state index contributed by atoms with van der Waals surface area (Å²) in [5, 5.41) is 11.5. The lowest BCUT2D eigenvalue weighted by molar-refractivity contribution is -0.114. The van der Waals surface area contributed by atoms with E-state index < -0.39 is 0 Å². The quantitative estimate of drug-likeness (QED) is 0.885. The number of carbonyl (C=O) groups excluding carboxylic acids is 2.